The molecule has 7 nitrogen and oxygen atoms in total. The highest BCUT2D eigenvalue weighted by Gasteiger charge is 2.42. The monoisotopic (exact) mass is 473 g/mol. The minimum Gasteiger partial charge on any atom is -0.445 e. The van der Waals surface area contributed by atoms with E-state index in [4.69, 9.17) is 21.1 Å². The van der Waals surface area contributed by atoms with Crippen molar-refractivity contribution in [3.8, 4) is 0 Å². The minimum absolute atomic E-state index is 0.173. The number of hydrogen-bond acceptors (Lipinski definition) is 5. The average Bonchev–Trinajstić information content (AvgIpc) is 3.15. The van der Waals surface area contributed by atoms with Crippen LogP contribution in [0, 0.1) is 6.92 Å². The summed E-state index contributed by atoms with van der Waals surface area (Å²) >= 11 is 6.33. The molecule has 8 heteroatoms. The van der Waals surface area contributed by atoms with Gasteiger partial charge in [0.1, 0.15) is 17.4 Å². The quantitative estimate of drug-likeness (QED) is 0.577. The number of benzene rings is 1. The molecule has 1 saturated heterocycles. The van der Waals surface area contributed by atoms with Crippen LogP contribution in [0.2, 0.25) is 5.15 Å². The van der Waals surface area contributed by atoms with E-state index in [1.807, 2.05) is 70.2 Å². The van der Waals surface area contributed by atoms with Crippen LogP contribution in [-0.2, 0) is 22.5 Å². The van der Waals surface area contributed by atoms with Gasteiger partial charge in [-0.15, -0.1) is 0 Å². The van der Waals surface area contributed by atoms with Gasteiger partial charge in [0.15, 0.2) is 0 Å². The van der Waals surface area contributed by atoms with Crippen LogP contribution in [0.4, 0.5) is 9.59 Å². The Kier molecular flexibility index (Phi) is 7.84. The van der Waals surface area contributed by atoms with E-state index in [1.165, 1.54) is 0 Å². The highest BCUT2D eigenvalue weighted by atomic mass is 35.5. The van der Waals surface area contributed by atoms with Crippen LogP contribution in [0.15, 0.2) is 42.5 Å². The molecule has 1 aromatic carbocycles. The molecular formula is C25H32ClN3O4. The van der Waals surface area contributed by atoms with E-state index in [2.05, 4.69) is 10.3 Å². The van der Waals surface area contributed by atoms with E-state index in [0.717, 1.165) is 16.8 Å². The molecule has 0 spiro atoms. The Hall–Kier alpha value is -2.80. The highest BCUT2D eigenvalue weighted by molar-refractivity contribution is 6.30. The highest BCUT2D eigenvalue weighted by Crippen LogP contribution is 2.29. The molecule has 2 heterocycles. The fourth-order valence-corrected chi connectivity index (χ4v) is 4.10. The van der Waals surface area contributed by atoms with Gasteiger partial charge in [-0.3, -0.25) is 0 Å². The van der Waals surface area contributed by atoms with E-state index in [-0.39, 0.29) is 12.7 Å². The van der Waals surface area contributed by atoms with Crippen molar-refractivity contribution < 1.29 is 19.1 Å². The molecule has 0 bridgehead atoms. The summed E-state index contributed by atoms with van der Waals surface area (Å²) in [7, 11) is 0. The lowest BCUT2D eigenvalue weighted by Crippen LogP contribution is -2.51. The first-order chi connectivity index (χ1) is 15.6. The van der Waals surface area contributed by atoms with Crippen molar-refractivity contribution in [1.82, 2.24) is 15.2 Å². The van der Waals surface area contributed by atoms with E-state index >= 15 is 0 Å². The lowest BCUT2D eigenvalue weighted by Gasteiger charge is -2.31. The topological polar surface area (TPSA) is 80.8 Å². The second kappa shape index (κ2) is 10.4. The summed E-state index contributed by atoms with van der Waals surface area (Å²) in [5.41, 5.74) is 1.40. The van der Waals surface area contributed by atoms with Crippen LogP contribution in [0.1, 0.15) is 50.4 Å². The Morgan fingerprint density at radius 2 is 1.91 bits per heavy atom. The molecule has 2 aromatic rings. The largest absolute Gasteiger partial charge is 0.445 e. The summed E-state index contributed by atoms with van der Waals surface area (Å²) in [5.74, 6) is 0. The van der Waals surface area contributed by atoms with Gasteiger partial charge in [-0.2, -0.15) is 0 Å². The van der Waals surface area contributed by atoms with Crippen LogP contribution in [0.5, 0.6) is 0 Å². The van der Waals surface area contributed by atoms with E-state index < -0.39 is 17.2 Å². The number of aromatic nitrogens is 1. The van der Waals surface area contributed by atoms with Crippen LogP contribution in [0.25, 0.3) is 0 Å². The molecule has 0 saturated carbocycles. The summed E-state index contributed by atoms with van der Waals surface area (Å²) < 4.78 is 11.0. The van der Waals surface area contributed by atoms with E-state index in [1.54, 1.807) is 4.90 Å². The molecule has 33 heavy (non-hydrogen) atoms. The smallest absolute Gasteiger partial charge is 0.410 e. The van der Waals surface area contributed by atoms with Gasteiger partial charge in [-0.05, 0) is 64.2 Å². The summed E-state index contributed by atoms with van der Waals surface area (Å²) in [4.78, 5) is 31.3. The normalized spacial score (nSPS) is 18.2. The summed E-state index contributed by atoms with van der Waals surface area (Å²) in [5, 5.41) is 3.49. The van der Waals surface area contributed by atoms with Gasteiger partial charge in [-0.25, -0.2) is 14.6 Å². The molecule has 1 aliphatic rings. The zero-order chi connectivity index (χ0) is 24.1. The lowest BCUT2D eigenvalue weighted by molar-refractivity contribution is 0.0277. The van der Waals surface area contributed by atoms with Crippen LogP contribution >= 0.6 is 11.6 Å². The van der Waals surface area contributed by atoms with Gasteiger partial charge >= 0.3 is 12.2 Å². The molecule has 0 radical (unpaired) electrons. The van der Waals surface area contributed by atoms with Gasteiger partial charge in [0.2, 0.25) is 0 Å². The first-order valence-corrected chi connectivity index (χ1v) is 11.5. The molecule has 1 atom stereocenters. The predicted octanol–water partition coefficient (Wildman–Crippen LogP) is 5.28. The van der Waals surface area contributed by atoms with Crippen molar-refractivity contribution in [2.75, 3.05) is 13.1 Å². The maximum atomic E-state index is 12.7. The van der Waals surface area contributed by atoms with Crippen LogP contribution in [-0.4, -0.2) is 46.3 Å². The first-order valence-electron chi connectivity index (χ1n) is 11.1. The zero-order valence-corrected chi connectivity index (χ0v) is 20.4. The molecular weight excluding hydrogens is 442 g/mol. The van der Waals surface area contributed by atoms with Crippen molar-refractivity contribution in [2.24, 2.45) is 0 Å². The molecule has 1 aromatic heterocycles. The third-order valence-corrected chi connectivity index (χ3v) is 5.85. The number of hydrogen-bond donors (Lipinski definition) is 1. The van der Waals surface area contributed by atoms with Crippen LogP contribution < -0.4 is 5.32 Å². The average molecular weight is 474 g/mol. The number of nitrogens with one attached hydrogen (secondary N) is 1. The number of nitrogens with zero attached hydrogens (tertiary/aromatic N) is 2. The molecule has 0 aliphatic carbocycles. The number of rotatable bonds is 6. The molecule has 1 fully saturated rings. The summed E-state index contributed by atoms with van der Waals surface area (Å²) in [6.45, 7) is 8.37. The number of aryl methyl sites for hydroxylation is 2. The summed E-state index contributed by atoms with van der Waals surface area (Å²) in [6.07, 6.45) is 0.866. The Morgan fingerprint density at radius 1 is 1.18 bits per heavy atom. The number of amides is 2. The second-order valence-corrected chi connectivity index (χ2v) is 9.88. The number of alkyl carbamates (subject to hydrolysis) is 1. The Balaban J connectivity index is 1.70. The van der Waals surface area contributed by atoms with E-state index in [0.29, 0.717) is 37.5 Å². The number of ether oxygens (including phenoxy) is 2. The molecule has 3 rings (SSSR count). The number of halogens is 1. The van der Waals surface area contributed by atoms with Crippen LogP contribution in [0.3, 0.4) is 0 Å². The lowest BCUT2D eigenvalue weighted by atomic mass is 9.90. The number of carbonyl (C=O) groups excluding carboxylic acids is 2. The predicted molar refractivity (Wildman–Crippen MR) is 127 cm³/mol. The molecule has 1 aliphatic heterocycles. The molecule has 0 unspecified atom stereocenters. The van der Waals surface area contributed by atoms with E-state index in [9.17, 15) is 9.59 Å². The van der Waals surface area contributed by atoms with Gasteiger partial charge in [0.05, 0.1) is 5.54 Å². The molecule has 178 valence electrons. The van der Waals surface area contributed by atoms with Crippen molar-refractivity contribution in [2.45, 2.75) is 64.7 Å². The van der Waals surface area contributed by atoms with Gasteiger partial charge in [0, 0.05) is 18.8 Å². The number of carbonyl (C=O) groups is 2. The Bertz CT molecular complexity index is 977. The SMILES string of the molecule is Cc1ccc(CC[C@]2(NC(=O)OCc3ccccc3)CCN(C(=O)OC(C)(C)C)C2)c(Cl)n1. The number of pyridine rings is 1. The van der Waals surface area contributed by atoms with Gasteiger partial charge in [0.25, 0.3) is 0 Å². The Labute approximate surface area is 200 Å². The fourth-order valence-electron chi connectivity index (χ4n) is 3.81. The maximum Gasteiger partial charge on any atom is 0.410 e. The maximum absolute atomic E-state index is 12.7. The number of likely N-dealkylation sites (tertiary alicyclic amines) is 1. The Morgan fingerprint density at radius 3 is 2.58 bits per heavy atom. The van der Waals surface area contributed by atoms with Crippen molar-refractivity contribution in [3.05, 3.63) is 64.4 Å². The zero-order valence-electron chi connectivity index (χ0n) is 19.7. The summed E-state index contributed by atoms with van der Waals surface area (Å²) in [6, 6.07) is 13.4. The fraction of sp³-hybridized carbons (Fsp3) is 0.480. The first kappa shape index (κ1) is 24.8. The second-order valence-electron chi connectivity index (χ2n) is 9.52. The third kappa shape index (κ3) is 7.35. The molecule has 1 N–H and O–H groups in total. The van der Waals surface area contributed by atoms with Crippen molar-refractivity contribution >= 4 is 23.8 Å². The van der Waals surface area contributed by atoms with Crippen molar-refractivity contribution in [3.63, 3.8) is 0 Å². The molecule has 2 amide bonds. The minimum atomic E-state index is -0.654. The standard InChI is InChI=1S/C25H32ClN3O4/c1-18-10-11-20(21(26)27-18)12-13-25(14-15-29(17-25)23(31)33-24(2,3)4)28-22(30)32-16-19-8-6-5-7-9-19/h5-11H,12-17H2,1-4H3,(H,28,30)/t25-/m0/s1. The van der Waals surface area contributed by atoms with Gasteiger partial charge < -0.3 is 19.7 Å². The van der Waals surface area contributed by atoms with Crippen molar-refractivity contribution in [1.29, 1.82) is 0 Å². The third-order valence-electron chi connectivity index (χ3n) is 5.52. The van der Waals surface area contributed by atoms with Gasteiger partial charge in [-0.1, -0.05) is 48.0 Å².